The number of hydrogen-bond acceptors (Lipinski definition) is 2. The third kappa shape index (κ3) is 5.77. The van der Waals surface area contributed by atoms with Gasteiger partial charge in [0, 0.05) is 33.2 Å². The lowest BCUT2D eigenvalue weighted by Crippen LogP contribution is -2.28. The minimum absolute atomic E-state index is 0.520. The van der Waals surface area contributed by atoms with Gasteiger partial charge in [0.1, 0.15) is 0 Å². The lowest BCUT2D eigenvalue weighted by atomic mass is 9.67. The highest BCUT2D eigenvalue weighted by molar-refractivity contribution is 6.10. The monoisotopic (exact) mass is 839 g/mol. The summed E-state index contributed by atoms with van der Waals surface area (Å²) in [6, 6.07) is 89.9. The van der Waals surface area contributed by atoms with Crippen molar-refractivity contribution in [2.24, 2.45) is 0 Å². The smallest absolute Gasteiger partial charge is 0.160 e. The quantitative estimate of drug-likeness (QED) is 0.160. The van der Waals surface area contributed by atoms with E-state index < -0.39 is 5.41 Å². The van der Waals surface area contributed by atoms with Gasteiger partial charge in [-0.25, -0.2) is 9.97 Å². The minimum atomic E-state index is -0.520. The molecule has 0 saturated carbocycles. The lowest BCUT2D eigenvalue weighted by molar-refractivity contribution is 0.768. The predicted octanol–water partition coefficient (Wildman–Crippen LogP) is 15.8. The van der Waals surface area contributed by atoms with E-state index in [4.69, 9.17) is 9.97 Å². The van der Waals surface area contributed by atoms with E-state index in [0.29, 0.717) is 5.82 Å². The summed E-state index contributed by atoms with van der Waals surface area (Å²) in [7, 11) is 0. The van der Waals surface area contributed by atoms with Gasteiger partial charge >= 0.3 is 0 Å². The molecule has 2 aromatic heterocycles. The molecule has 0 unspecified atom stereocenters. The average Bonchev–Trinajstić information content (AvgIpc) is 3.90. The van der Waals surface area contributed by atoms with Crippen molar-refractivity contribution >= 4 is 32.6 Å². The molecule has 0 spiro atoms. The van der Waals surface area contributed by atoms with E-state index in [1.807, 2.05) is 6.07 Å². The Morgan fingerprint density at radius 1 is 0.318 bits per heavy atom. The van der Waals surface area contributed by atoms with Gasteiger partial charge in [-0.1, -0.05) is 218 Å². The van der Waals surface area contributed by atoms with E-state index >= 15 is 0 Å². The number of fused-ring (bicyclic) bond motifs is 7. The largest absolute Gasteiger partial charge is 0.309 e. The zero-order valence-electron chi connectivity index (χ0n) is 36.0. The molecule has 0 amide bonds. The summed E-state index contributed by atoms with van der Waals surface area (Å²) in [4.78, 5) is 10.9. The molecule has 3 nitrogen and oxygen atoms in total. The summed E-state index contributed by atoms with van der Waals surface area (Å²) < 4.78 is 2.39. The first-order chi connectivity index (χ1) is 32.8. The van der Waals surface area contributed by atoms with Crippen molar-refractivity contribution < 1.29 is 0 Å². The highest BCUT2D eigenvalue weighted by atomic mass is 15.0. The Balaban J connectivity index is 1.01. The molecule has 0 N–H and O–H groups in total. The van der Waals surface area contributed by atoms with Crippen LogP contribution in [0, 0.1) is 0 Å². The van der Waals surface area contributed by atoms with Gasteiger partial charge in [0.15, 0.2) is 5.82 Å². The van der Waals surface area contributed by atoms with E-state index in [1.54, 1.807) is 0 Å². The summed E-state index contributed by atoms with van der Waals surface area (Å²) in [5, 5.41) is 4.81. The molecule has 12 aromatic rings. The van der Waals surface area contributed by atoms with Crippen molar-refractivity contribution in [3.8, 4) is 61.8 Å². The van der Waals surface area contributed by atoms with Crippen LogP contribution in [0.2, 0.25) is 0 Å². The van der Waals surface area contributed by atoms with Gasteiger partial charge < -0.3 is 4.57 Å². The molecule has 0 fully saturated rings. The van der Waals surface area contributed by atoms with Crippen LogP contribution in [0.4, 0.5) is 0 Å². The van der Waals surface area contributed by atoms with Crippen LogP contribution in [0.15, 0.2) is 249 Å². The van der Waals surface area contributed by atoms with E-state index in [-0.39, 0.29) is 0 Å². The van der Waals surface area contributed by atoms with Crippen LogP contribution in [-0.2, 0) is 5.41 Å². The van der Waals surface area contributed by atoms with Crippen LogP contribution in [0.5, 0.6) is 0 Å². The molecule has 66 heavy (non-hydrogen) atoms. The molecule has 0 saturated heterocycles. The van der Waals surface area contributed by atoms with Gasteiger partial charge in [-0.3, -0.25) is 0 Å². The fourth-order valence-electron chi connectivity index (χ4n) is 10.9. The number of hydrogen-bond donors (Lipinski definition) is 0. The molecule has 1 aliphatic carbocycles. The molecule has 3 heteroatoms. The van der Waals surface area contributed by atoms with Crippen LogP contribution in [-0.4, -0.2) is 14.5 Å². The number of para-hydroxylation sites is 2. The molecule has 2 heterocycles. The predicted molar refractivity (Wildman–Crippen MR) is 273 cm³/mol. The Morgan fingerprint density at radius 2 is 0.803 bits per heavy atom. The Labute approximate surface area is 383 Å². The number of benzene rings is 10. The van der Waals surface area contributed by atoms with Crippen LogP contribution in [0.1, 0.15) is 22.3 Å². The number of aromatic nitrogens is 3. The molecule has 1 aliphatic rings. The van der Waals surface area contributed by atoms with Crippen molar-refractivity contribution in [1.29, 1.82) is 0 Å². The van der Waals surface area contributed by atoms with E-state index in [2.05, 4.69) is 247 Å². The van der Waals surface area contributed by atoms with Gasteiger partial charge in [-0.05, 0) is 85.6 Å². The summed E-state index contributed by atoms with van der Waals surface area (Å²) in [6.07, 6.45) is 0. The molecular weight excluding hydrogens is 799 g/mol. The van der Waals surface area contributed by atoms with Crippen LogP contribution < -0.4 is 0 Å². The SMILES string of the molecule is c1ccc(-c2nc(-c3cccc4c3-c3ccccc3C4(c3ccccc3)c3ccccc3)cc(-c3ccc(-c4cccc(-n5c6ccccc6c6ccccc65)c4)c4ccccc34)n2)cc1. The summed E-state index contributed by atoms with van der Waals surface area (Å²) in [6.45, 7) is 0. The Morgan fingerprint density at radius 3 is 1.48 bits per heavy atom. The first kappa shape index (κ1) is 37.9. The van der Waals surface area contributed by atoms with E-state index in [9.17, 15) is 0 Å². The molecule has 13 rings (SSSR count). The second kappa shape index (κ2) is 15.3. The number of rotatable bonds is 7. The van der Waals surface area contributed by atoms with Crippen molar-refractivity contribution in [3.63, 3.8) is 0 Å². The van der Waals surface area contributed by atoms with Crippen molar-refractivity contribution in [3.05, 3.63) is 271 Å². The van der Waals surface area contributed by atoms with Crippen LogP contribution in [0.25, 0.3) is 94.4 Å². The summed E-state index contributed by atoms with van der Waals surface area (Å²) >= 11 is 0. The maximum atomic E-state index is 5.45. The first-order valence-corrected chi connectivity index (χ1v) is 22.7. The third-order valence-electron chi connectivity index (χ3n) is 13.7. The van der Waals surface area contributed by atoms with Gasteiger partial charge in [-0.2, -0.15) is 0 Å². The topological polar surface area (TPSA) is 30.7 Å². The zero-order chi connectivity index (χ0) is 43.6. The highest BCUT2D eigenvalue weighted by Crippen LogP contribution is 2.58. The molecule has 0 bridgehead atoms. The van der Waals surface area contributed by atoms with Crippen molar-refractivity contribution in [2.75, 3.05) is 0 Å². The molecule has 0 atom stereocenters. The normalized spacial score (nSPS) is 12.7. The fourth-order valence-corrected chi connectivity index (χ4v) is 10.9. The molecular formula is C63H41N3. The van der Waals surface area contributed by atoms with Gasteiger partial charge in [0.25, 0.3) is 0 Å². The van der Waals surface area contributed by atoms with Gasteiger partial charge in [0.05, 0.1) is 27.8 Å². The third-order valence-corrected chi connectivity index (χ3v) is 13.7. The first-order valence-electron chi connectivity index (χ1n) is 22.7. The average molecular weight is 840 g/mol. The van der Waals surface area contributed by atoms with Crippen molar-refractivity contribution in [1.82, 2.24) is 14.5 Å². The second-order valence-electron chi connectivity index (χ2n) is 17.2. The maximum Gasteiger partial charge on any atom is 0.160 e. The Hall–Kier alpha value is -8.66. The molecule has 10 aromatic carbocycles. The zero-order valence-corrected chi connectivity index (χ0v) is 36.0. The fraction of sp³-hybridized carbons (Fsp3) is 0.0159. The second-order valence-corrected chi connectivity index (χ2v) is 17.2. The van der Waals surface area contributed by atoms with Gasteiger partial charge in [0.2, 0.25) is 0 Å². The maximum absolute atomic E-state index is 5.45. The standard InChI is InChI=1S/C63H41N3/c1-4-20-42(21-5-1)62-64-57(41-58(65-62)54-33-19-35-56-61(54)53-32-12-15-34-55(53)63(56,44-23-6-2-7-24-44)45-25-8-3-9-26-45)50-39-38-47(48-28-10-11-29-49(48)50)43-22-18-27-46(40-43)66-59-36-16-13-30-51(59)52-31-14-17-37-60(52)66/h1-41H. The van der Waals surface area contributed by atoms with Crippen molar-refractivity contribution in [2.45, 2.75) is 5.41 Å². The molecule has 308 valence electrons. The lowest BCUT2D eigenvalue weighted by Gasteiger charge is -2.33. The van der Waals surface area contributed by atoms with E-state index in [0.717, 1.165) is 44.7 Å². The summed E-state index contributed by atoms with van der Waals surface area (Å²) in [5.74, 6) is 0.691. The Kier molecular flexibility index (Phi) is 8.75. The van der Waals surface area contributed by atoms with Crippen LogP contribution >= 0.6 is 0 Å². The molecule has 0 aliphatic heterocycles. The molecule has 0 radical (unpaired) electrons. The highest BCUT2D eigenvalue weighted by Gasteiger charge is 2.46. The van der Waals surface area contributed by atoms with E-state index in [1.165, 1.54) is 66.1 Å². The number of nitrogens with zero attached hydrogens (tertiary/aromatic N) is 3. The van der Waals surface area contributed by atoms with Gasteiger partial charge in [-0.15, -0.1) is 0 Å². The minimum Gasteiger partial charge on any atom is -0.309 e. The summed E-state index contributed by atoms with van der Waals surface area (Å²) in [5.41, 5.74) is 17.6. The Bertz CT molecular complexity index is 3720. The van der Waals surface area contributed by atoms with Crippen LogP contribution in [0.3, 0.4) is 0 Å².